The number of rotatable bonds is 5. The van der Waals surface area contributed by atoms with Crippen molar-refractivity contribution in [2.45, 2.75) is 45.2 Å². The number of methoxy groups -OCH3 is 1. The Balaban J connectivity index is 2.06. The Bertz CT molecular complexity index is 398. The summed E-state index contributed by atoms with van der Waals surface area (Å²) in [5, 5.41) is 3.22. The Morgan fingerprint density at radius 3 is 2.45 bits per heavy atom. The number of nitrogens with zero attached hydrogens (tertiary/aromatic N) is 1. The summed E-state index contributed by atoms with van der Waals surface area (Å²) >= 11 is 0. The zero-order valence-electron chi connectivity index (χ0n) is 13.0. The highest BCUT2D eigenvalue weighted by atomic mass is 16.5. The third-order valence-electron chi connectivity index (χ3n) is 4.07. The highest BCUT2D eigenvalue weighted by Gasteiger charge is 2.12. The minimum Gasteiger partial charge on any atom is -0.496 e. The highest BCUT2D eigenvalue weighted by molar-refractivity contribution is 5.37. The molecule has 1 aliphatic heterocycles. The molecule has 1 aliphatic rings. The number of nitrogens with one attached hydrogen (secondary N) is 1. The van der Waals surface area contributed by atoms with Gasteiger partial charge in [0, 0.05) is 18.7 Å². The van der Waals surface area contributed by atoms with Crippen LogP contribution >= 0.6 is 0 Å². The van der Waals surface area contributed by atoms with Crippen molar-refractivity contribution in [3.05, 3.63) is 29.3 Å². The van der Waals surface area contributed by atoms with Crippen LogP contribution in [0.4, 0.5) is 0 Å². The van der Waals surface area contributed by atoms with Gasteiger partial charge in [0.1, 0.15) is 5.75 Å². The maximum absolute atomic E-state index is 5.53. The van der Waals surface area contributed by atoms with E-state index in [4.69, 9.17) is 4.74 Å². The molecule has 0 amide bonds. The Morgan fingerprint density at radius 1 is 1.10 bits per heavy atom. The molecule has 3 nitrogen and oxygen atoms in total. The van der Waals surface area contributed by atoms with Gasteiger partial charge in [0.15, 0.2) is 0 Å². The van der Waals surface area contributed by atoms with E-state index in [0.717, 1.165) is 18.8 Å². The van der Waals surface area contributed by atoms with Gasteiger partial charge in [0.05, 0.1) is 7.11 Å². The molecule has 1 heterocycles. The van der Waals surface area contributed by atoms with Gasteiger partial charge in [-0.15, -0.1) is 0 Å². The standard InChI is InChI=1S/C17H28N2O/c1-18-13-15-8-9-17(20-2)16(12-15)14-19-10-6-4-3-5-7-11-19/h8-9,12,18H,3-7,10-11,13-14H2,1-2H3. The summed E-state index contributed by atoms with van der Waals surface area (Å²) in [6.45, 7) is 4.37. The Kier molecular flexibility index (Phi) is 6.34. The average Bonchev–Trinajstić information content (AvgIpc) is 2.42. The van der Waals surface area contributed by atoms with E-state index in [-0.39, 0.29) is 0 Å². The molecule has 0 unspecified atom stereocenters. The topological polar surface area (TPSA) is 24.5 Å². The van der Waals surface area contributed by atoms with Gasteiger partial charge in [0.25, 0.3) is 0 Å². The predicted octanol–water partition coefficient (Wildman–Crippen LogP) is 3.18. The van der Waals surface area contributed by atoms with E-state index in [1.165, 1.54) is 56.3 Å². The molecular formula is C17H28N2O. The zero-order chi connectivity index (χ0) is 14.2. The van der Waals surface area contributed by atoms with Crippen molar-refractivity contribution >= 4 is 0 Å². The second kappa shape index (κ2) is 8.28. The number of likely N-dealkylation sites (tertiary alicyclic amines) is 1. The molecule has 0 aliphatic carbocycles. The fraction of sp³-hybridized carbons (Fsp3) is 0.647. The first-order valence-electron chi connectivity index (χ1n) is 7.86. The lowest BCUT2D eigenvalue weighted by atomic mass is 10.1. The van der Waals surface area contributed by atoms with E-state index in [9.17, 15) is 0 Å². The molecule has 3 heteroatoms. The van der Waals surface area contributed by atoms with E-state index >= 15 is 0 Å². The van der Waals surface area contributed by atoms with Gasteiger partial charge in [0.2, 0.25) is 0 Å². The lowest BCUT2D eigenvalue weighted by molar-refractivity contribution is 0.236. The van der Waals surface area contributed by atoms with Crippen molar-refractivity contribution in [1.82, 2.24) is 10.2 Å². The molecule has 1 N–H and O–H groups in total. The quantitative estimate of drug-likeness (QED) is 0.894. The van der Waals surface area contributed by atoms with E-state index in [2.05, 4.69) is 28.4 Å². The van der Waals surface area contributed by atoms with Crippen molar-refractivity contribution in [3.63, 3.8) is 0 Å². The minimum absolute atomic E-state index is 0.914. The number of hydrogen-bond acceptors (Lipinski definition) is 3. The third kappa shape index (κ3) is 4.50. The molecule has 0 bridgehead atoms. The van der Waals surface area contributed by atoms with Crippen molar-refractivity contribution in [1.29, 1.82) is 0 Å². The van der Waals surface area contributed by atoms with Crippen LogP contribution in [0.3, 0.4) is 0 Å². The van der Waals surface area contributed by atoms with Gasteiger partial charge in [-0.25, -0.2) is 0 Å². The van der Waals surface area contributed by atoms with Gasteiger partial charge in [-0.05, 0) is 50.7 Å². The molecule has 1 aromatic rings. The number of hydrogen-bond donors (Lipinski definition) is 1. The van der Waals surface area contributed by atoms with Crippen molar-refractivity contribution in [3.8, 4) is 5.75 Å². The van der Waals surface area contributed by atoms with Crippen LogP contribution in [-0.2, 0) is 13.1 Å². The van der Waals surface area contributed by atoms with Crippen molar-refractivity contribution < 1.29 is 4.74 Å². The van der Waals surface area contributed by atoms with Gasteiger partial charge < -0.3 is 10.1 Å². The van der Waals surface area contributed by atoms with Gasteiger partial charge in [-0.2, -0.15) is 0 Å². The van der Waals surface area contributed by atoms with Crippen LogP contribution in [0.25, 0.3) is 0 Å². The van der Waals surface area contributed by atoms with E-state index in [1.807, 2.05) is 7.05 Å². The molecule has 112 valence electrons. The molecule has 0 aromatic heterocycles. The second-order valence-electron chi connectivity index (χ2n) is 5.72. The van der Waals surface area contributed by atoms with Gasteiger partial charge in [-0.3, -0.25) is 4.90 Å². The maximum Gasteiger partial charge on any atom is 0.123 e. The van der Waals surface area contributed by atoms with Gasteiger partial charge >= 0.3 is 0 Å². The van der Waals surface area contributed by atoms with Crippen LogP contribution in [0.5, 0.6) is 5.75 Å². The van der Waals surface area contributed by atoms with Crippen LogP contribution in [0, 0.1) is 0 Å². The van der Waals surface area contributed by atoms with Crippen molar-refractivity contribution in [2.24, 2.45) is 0 Å². The molecule has 1 aromatic carbocycles. The SMILES string of the molecule is CNCc1ccc(OC)c(CN2CCCCCCC2)c1. The number of benzene rings is 1. The molecule has 2 rings (SSSR count). The van der Waals surface area contributed by atoms with Crippen LogP contribution < -0.4 is 10.1 Å². The summed E-state index contributed by atoms with van der Waals surface area (Å²) in [5.41, 5.74) is 2.65. The van der Waals surface area contributed by atoms with Crippen LogP contribution in [0.15, 0.2) is 18.2 Å². The Morgan fingerprint density at radius 2 is 1.80 bits per heavy atom. The summed E-state index contributed by atoms with van der Waals surface area (Å²) in [6, 6.07) is 6.53. The zero-order valence-corrected chi connectivity index (χ0v) is 13.0. The summed E-state index contributed by atoms with van der Waals surface area (Å²) in [5.74, 6) is 1.02. The first kappa shape index (κ1) is 15.3. The first-order chi connectivity index (χ1) is 9.83. The number of ether oxygens (including phenoxy) is 1. The average molecular weight is 276 g/mol. The molecule has 1 saturated heterocycles. The monoisotopic (exact) mass is 276 g/mol. The molecule has 0 saturated carbocycles. The lowest BCUT2D eigenvalue weighted by Crippen LogP contribution is -2.27. The summed E-state index contributed by atoms with van der Waals surface area (Å²) in [6.07, 6.45) is 6.84. The van der Waals surface area contributed by atoms with E-state index in [0.29, 0.717) is 0 Å². The fourth-order valence-electron chi connectivity index (χ4n) is 2.98. The molecule has 0 spiro atoms. The lowest BCUT2D eigenvalue weighted by Gasteiger charge is -2.25. The Labute approximate surface area is 123 Å². The smallest absolute Gasteiger partial charge is 0.123 e. The molecule has 0 atom stereocenters. The van der Waals surface area contributed by atoms with Gasteiger partial charge in [-0.1, -0.05) is 25.3 Å². The minimum atomic E-state index is 0.914. The highest BCUT2D eigenvalue weighted by Crippen LogP contribution is 2.23. The fourth-order valence-corrected chi connectivity index (χ4v) is 2.98. The van der Waals surface area contributed by atoms with Crippen molar-refractivity contribution in [2.75, 3.05) is 27.2 Å². The van der Waals surface area contributed by atoms with E-state index in [1.54, 1.807) is 7.11 Å². The summed E-state index contributed by atoms with van der Waals surface area (Å²) in [4.78, 5) is 2.58. The molecule has 0 radical (unpaired) electrons. The van der Waals surface area contributed by atoms with Crippen LogP contribution in [0.1, 0.15) is 43.2 Å². The largest absolute Gasteiger partial charge is 0.496 e. The normalized spacial score (nSPS) is 17.5. The van der Waals surface area contributed by atoms with Crippen LogP contribution in [-0.4, -0.2) is 32.1 Å². The maximum atomic E-state index is 5.53. The summed E-state index contributed by atoms with van der Waals surface area (Å²) in [7, 11) is 3.76. The molecule has 1 fully saturated rings. The first-order valence-corrected chi connectivity index (χ1v) is 7.86. The summed E-state index contributed by atoms with van der Waals surface area (Å²) < 4.78 is 5.53. The van der Waals surface area contributed by atoms with E-state index < -0.39 is 0 Å². The Hall–Kier alpha value is -1.06. The van der Waals surface area contributed by atoms with Crippen LogP contribution in [0.2, 0.25) is 0 Å². The second-order valence-corrected chi connectivity index (χ2v) is 5.72. The predicted molar refractivity (Wildman–Crippen MR) is 84.1 cm³/mol. The molecular weight excluding hydrogens is 248 g/mol. The molecule has 20 heavy (non-hydrogen) atoms. The third-order valence-corrected chi connectivity index (χ3v) is 4.07.